The molecule has 50 heavy (non-hydrogen) atoms. The van der Waals surface area contributed by atoms with Gasteiger partial charge in [-0.1, -0.05) is 61.2 Å². The molecule has 2 saturated heterocycles. The maximum atomic E-state index is 14.9. The molecule has 0 N–H and O–H groups in total. The highest BCUT2D eigenvalue weighted by molar-refractivity contribution is 7.27. The van der Waals surface area contributed by atoms with E-state index >= 15 is 0 Å². The normalized spacial score (nSPS) is 20.5. The van der Waals surface area contributed by atoms with Crippen molar-refractivity contribution in [3.8, 4) is 5.75 Å². The monoisotopic (exact) mass is 725 g/mol. The van der Waals surface area contributed by atoms with Crippen LogP contribution in [0.3, 0.4) is 0 Å². The zero-order chi connectivity index (χ0) is 35.8. The molecule has 2 fully saturated rings. The molecule has 12 heteroatoms. The summed E-state index contributed by atoms with van der Waals surface area (Å²) in [4.78, 5) is 40.6. The molecular weight excluding hydrogens is 679 g/mol. The predicted octanol–water partition coefficient (Wildman–Crippen LogP) is 6.53. The summed E-state index contributed by atoms with van der Waals surface area (Å²) in [5.41, 5.74) is 2.04. The minimum atomic E-state index is -3.09. The lowest BCUT2D eigenvalue weighted by Crippen LogP contribution is -2.57. The molecule has 0 aliphatic carbocycles. The van der Waals surface area contributed by atoms with Gasteiger partial charge < -0.3 is 14.5 Å². The molecule has 3 heterocycles. The Morgan fingerprint density at radius 3 is 2.36 bits per heavy atom. The summed E-state index contributed by atoms with van der Waals surface area (Å²) >= 11 is 6.00. The third kappa shape index (κ3) is 8.82. The number of rotatable bonds is 12. The van der Waals surface area contributed by atoms with Gasteiger partial charge in [0, 0.05) is 57.6 Å². The summed E-state index contributed by atoms with van der Waals surface area (Å²) in [5, 5.41) is 1.00. The van der Waals surface area contributed by atoms with Gasteiger partial charge in [0.15, 0.2) is 0 Å². The number of halogens is 3. The third-order valence-corrected chi connectivity index (χ3v) is 9.92. The Morgan fingerprint density at radius 1 is 1.04 bits per heavy atom. The van der Waals surface area contributed by atoms with Gasteiger partial charge in [0.1, 0.15) is 17.6 Å². The number of aliphatic imine (C=N–C) groups is 1. The maximum absolute atomic E-state index is 14.9. The summed E-state index contributed by atoms with van der Waals surface area (Å²) in [7, 11) is 2.69. The van der Waals surface area contributed by atoms with Crippen molar-refractivity contribution in [3.05, 3.63) is 95.6 Å². The largest absolute Gasteiger partial charge is 0.493 e. The molecule has 2 aromatic carbocycles. The topological polar surface area (TPSA) is 68.7 Å². The van der Waals surface area contributed by atoms with Crippen LogP contribution in [0.5, 0.6) is 5.75 Å². The molecule has 2 aromatic rings. The average Bonchev–Trinajstić information content (AvgIpc) is 3.78. The number of carbonyl (C=O) groups excluding carboxylic acids is 2. The Morgan fingerprint density at radius 2 is 1.74 bits per heavy atom. The van der Waals surface area contributed by atoms with Crippen LogP contribution in [0.2, 0.25) is 0 Å². The molecule has 5 rings (SSSR count). The van der Waals surface area contributed by atoms with E-state index in [2.05, 4.69) is 20.7 Å². The molecule has 8 nitrogen and oxygen atoms in total. The van der Waals surface area contributed by atoms with Crippen LogP contribution >= 0.6 is 20.8 Å². The van der Waals surface area contributed by atoms with Crippen molar-refractivity contribution < 1.29 is 23.1 Å². The average molecular weight is 726 g/mol. The molecule has 3 unspecified atom stereocenters. The first-order valence-electron chi connectivity index (χ1n) is 17.2. The number of urea groups is 1. The first kappa shape index (κ1) is 37.7. The standard InChI is InChI=1S/C38H47ClF2N5O3P/c1-4-10-28(11-6-7-18-39)35-34(27-12-15-30(50)16-13-27)42-36(31-17-14-29(38(3,40)41)25-32(31)49-5-2)46(35)37(48)45-23-21-43(22-24-45)26-33(47)44-19-8-9-20-44/h4,6-7,10,12-17,25,34-35H,1,5,8-9,11,18-24,26,50H2,2-3H3/b7-6-,28-10+. The van der Waals surface area contributed by atoms with E-state index in [0.29, 0.717) is 56.4 Å². The smallest absolute Gasteiger partial charge is 0.326 e. The van der Waals surface area contributed by atoms with Gasteiger partial charge in [0.05, 0.1) is 24.8 Å². The number of carbonyl (C=O) groups is 2. The van der Waals surface area contributed by atoms with Gasteiger partial charge in [-0.05, 0) is 54.8 Å². The van der Waals surface area contributed by atoms with Gasteiger partial charge in [-0.2, -0.15) is 0 Å². The van der Waals surface area contributed by atoms with E-state index in [1.807, 2.05) is 47.4 Å². The zero-order valence-corrected chi connectivity index (χ0v) is 30.8. The van der Waals surface area contributed by atoms with Crippen molar-refractivity contribution >= 4 is 43.9 Å². The highest BCUT2D eigenvalue weighted by atomic mass is 35.5. The number of piperazine rings is 1. The molecule has 3 aliphatic rings. The van der Waals surface area contributed by atoms with E-state index in [1.54, 1.807) is 28.9 Å². The number of hydrogen-bond acceptors (Lipinski definition) is 5. The Kier molecular flexibility index (Phi) is 12.9. The van der Waals surface area contributed by atoms with E-state index < -0.39 is 18.0 Å². The van der Waals surface area contributed by atoms with Gasteiger partial charge in [-0.25, -0.2) is 13.6 Å². The second kappa shape index (κ2) is 17.1. The Bertz CT molecular complexity index is 1610. The van der Waals surface area contributed by atoms with Crippen molar-refractivity contribution in [2.75, 3.05) is 58.3 Å². The van der Waals surface area contributed by atoms with Gasteiger partial charge in [-0.3, -0.25) is 19.6 Å². The third-order valence-electron chi connectivity index (χ3n) is 9.36. The van der Waals surface area contributed by atoms with Crippen LogP contribution < -0.4 is 10.0 Å². The molecule has 3 amide bonds. The summed E-state index contributed by atoms with van der Waals surface area (Å²) in [6, 6.07) is 10.9. The number of benzene rings is 2. The fourth-order valence-corrected chi connectivity index (χ4v) is 7.07. The lowest BCUT2D eigenvalue weighted by molar-refractivity contribution is -0.131. The van der Waals surface area contributed by atoms with Gasteiger partial charge in [-0.15, -0.1) is 20.8 Å². The zero-order valence-electron chi connectivity index (χ0n) is 28.9. The van der Waals surface area contributed by atoms with E-state index in [1.165, 1.54) is 12.1 Å². The lowest BCUT2D eigenvalue weighted by Gasteiger charge is -2.39. The van der Waals surface area contributed by atoms with Crippen LogP contribution in [-0.4, -0.2) is 102 Å². The second-order valence-electron chi connectivity index (χ2n) is 12.9. The molecule has 0 aromatic heterocycles. The molecule has 3 atom stereocenters. The Balaban J connectivity index is 1.57. The minimum absolute atomic E-state index is 0.129. The number of amidine groups is 1. The summed E-state index contributed by atoms with van der Waals surface area (Å²) in [6.45, 7) is 10.7. The quantitative estimate of drug-likeness (QED) is 0.108. The van der Waals surface area contributed by atoms with Crippen LogP contribution in [-0.2, 0) is 10.7 Å². The van der Waals surface area contributed by atoms with Crippen LogP contribution in [0, 0.1) is 0 Å². The van der Waals surface area contributed by atoms with E-state index in [0.717, 1.165) is 49.3 Å². The molecule has 0 spiro atoms. The SMILES string of the molecule is C=C/C=C(\C/C=C\CCl)C1C(c2ccc(P)cc2)N=C(c2ccc(C(C)(F)F)cc2OCC)N1C(=O)N1CCN(CC(=O)N2CCCC2)CC1. The number of likely N-dealkylation sites (tertiary alicyclic amines) is 1. The number of allylic oxidation sites excluding steroid dienone is 4. The van der Waals surface area contributed by atoms with Gasteiger partial charge in [0.2, 0.25) is 5.91 Å². The lowest BCUT2D eigenvalue weighted by atomic mass is 9.91. The predicted molar refractivity (Wildman–Crippen MR) is 200 cm³/mol. The fraction of sp³-hybridized carbons (Fsp3) is 0.447. The van der Waals surface area contributed by atoms with Crippen LogP contribution in [0.25, 0.3) is 0 Å². The summed E-state index contributed by atoms with van der Waals surface area (Å²) in [5.74, 6) is -2.05. The molecule has 268 valence electrons. The van der Waals surface area contributed by atoms with E-state index in [-0.39, 0.29) is 29.9 Å². The van der Waals surface area contributed by atoms with E-state index in [9.17, 15) is 18.4 Å². The van der Waals surface area contributed by atoms with Crippen molar-refractivity contribution in [2.24, 2.45) is 4.99 Å². The highest BCUT2D eigenvalue weighted by Crippen LogP contribution is 2.41. The van der Waals surface area contributed by atoms with Gasteiger partial charge >= 0.3 is 6.03 Å². The van der Waals surface area contributed by atoms with Crippen LogP contribution in [0.4, 0.5) is 13.6 Å². The van der Waals surface area contributed by atoms with Crippen LogP contribution in [0.15, 0.2) is 83.9 Å². The molecular formula is C38H47ClF2N5O3P. The van der Waals surface area contributed by atoms with Crippen molar-refractivity contribution in [2.45, 2.75) is 51.1 Å². The van der Waals surface area contributed by atoms with Gasteiger partial charge in [0.25, 0.3) is 5.92 Å². The maximum Gasteiger partial charge on any atom is 0.326 e. The second-order valence-corrected chi connectivity index (χ2v) is 13.8. The molecule has 3 aliphatic heterocycles. The number of nitrogens with zero attached hydrogens (tertiary/aromatic N) is 5. The molecule has 0 radical (unpaired) electrons. The first-order chi connectivity index (χ1) is 24.0. The number of ether oxygens (including phenoxy) is 1. The fourth-order valence-electron chi connectivity index (χ4n) is 6.75. The Hall–Kier alpha value is -3.59. The Labute approximate surface area is 301 Å². The summed E-state index contributed by atoms with van der Waals surface area (Å²) in [6.07, 6.45) is 10.00. The highest BCUT2D eigenvalue weighted by Gasteiger charge is 2.45. The van der Waals surface area contributed by atoms with Crippen molar-refractivity contribution in [1.82, 2.24) is 19.6 Å². The minimum Gasteiger partial charge on any atom is -0.493 e. The summed E-state index contributed by atoms with van der Waals surface area (Å²) < 4.78 is 35.0. The number of amides is 3. The van der Waals surface area contributed by atoms with Crippen LogP contribution in [0.1, 0.15) is 55.8 Å². The van der Waals surface area contributed by atoms with E-state index in [4.69, 9.17) is 21.3 Å². The molecule has 0 saturated carbocycles. The van der Waals surface area contributed by atoms with Crippen molar-refractivity contribution in [1.29, 1.82) is 0 Å². The first-order valence-corrected chi connectivity index (χ1v) is 18.4. The van der Waals surface area contributed by atoms with Crippen molar-refractivity contribution in [3.63, 3.8) is 0 Å². The number of hydrogen-bond donors (Lipinski definition) is 0. The number of alkyl halides is 3. The molecule has 0 bridgehead atoms.